The number of amides is 1. The molecule has 2 rings (SSSR count). The molecule has 0 spiro atoms. The van der Waals surface area contributed by atoms with Crippen LogP contribution in [0.3, 0.4) is 0 Å². The number of hydrogen-bond donors (Lipinski definition) is 0. The summed E-state index contributed by atoms with van der Waals surface area (Å²) >= 11 is 0. The zero-order chi connectivity index (χ0) is 15.7. The van der Waals surface area contributed by atoms with E-state index in [1.807, 2.05) is 6.07 Å². The molecule has 1 fully saturated rings. The predicted octanol–water partition coefficient (Wildman–Crippen LogP) is 0.317. The monoisotopic (exact) mass is 288 g/mol. The second kappa shape index (κ2) is 8.53. The molecule has 0 radical (unpaired) electrons. The summed E-state index contributed by atoms with van der Waals surface area (Å²) in [6.45, 7) is 1.88. The van der Waals surface area contributed by atoms with Crippen molar-refractivity contribution >= 4 is 11.7 Å². The van der Waals surface area contributed by atoms with Crippen molar-refractivity contribution < 1.29 is 9.59 Å². The van der Waals surface area contributed by atoms with Gasteiger partial charge in [-0.1, -0.05) is 0 Å². The number of hydrogen-bond acceptors (Lipinski definition) is 6. The Morgan fingerprint density at radius 1 is 1.38 bits per heavy atom. The molecule has 0 saturated carbocycles. The molecule has 0 bridgehead atoms. The van der Waals surface area contributed by atoms with Gasteiger partial charge in [0.15, 0.2) is 5.43 Å². The number of Topliss-reactive ketones (excluding diaryl/α,β-unsaturated/α-hetero) is 1. The summed E-state index contributed by atoms with van der Waals surface area (Å²) < 4.78 is 0. The number of carbonyl (C=O) groups is 2. The molecule has 0 unspecified atom stereocenters. The van der Waals surface area contributed by atoms with E-state index < -0.39 is 11.7 Å². The van der Waals surface area contributed by atoms with Gasteiger partial charge in [0.05, 0.1) is 24.9 Å². The van der Waals surface area contributed by atoms with Crippen LogP contribution in [0, 0.1) is 11.3 Å². The van der Waals surface area contributed by atoms with Gasteiger partial charge in [-0.3, -0.25) is 14.4 Å². The highest BCUT2D eigenvalue weighted by Crippen LogP contribution is 2.19. The minimum absolute atomic E-state index is 0.0404. The zero-order valence-corrected chi connectivity index (χ0v) is 11.7. The van der Waals surface area contributed by atoms with E-state index in [1.54, 1.807) is 0 Å². The average Bonchev–Trinajstić information content (AvgIpc) is 2.78. The summed E-state index contributed by atoms with van der Waals surface area (Å²) in [5.41, 5.74) is -0.0741. The van der Waals surface area contributed by atoms with Gasteiger partial charge in [0.25, 0.3) is 5.91 Å². The van der Waals surface area contributed by atoms with Gasteiger partial charge in [-0.05, 0) is 12.8 Å². The summed E-state index contributed by atoms with van der Waals surface area (Å²) in [5, 5.41) is 15.4. The Bertz CT molecular complexity index is 575. The second-order valence-electron chi connectivity index (χ2n) is 4.48. The van der Waals surface area contributed by atoms with Crippen LogP contribution < -0.4 is 5.43 Å². The minimum Gasteiger partial charge on any atom is -0.332 e. The van der Waals surface area contributed by atoms with Gasteiger partial charge < -0.3 is 4.90 Å². The third-order valence-electron chi connectivity index (χ3n) is 2.94. The Hall–Kier alpha value is -2.62. The van der Waals surface area contributed by atoms with Crippen molar-refractivity contribution in [1.82, 2.24) is 15.1 Å². The largest absolute Gasteiger partial charge is 0.332 e. The van der Waals surface area contributed by atoms with Crippen LogP contribution in [0.1, 0.15) is 26.2 Å². The molecule has 110 valence electrons. The van der Waals surface area contributed by atoms with E-state index in [4.69, 9.17) is 5.26 Å². The fourth-order valence-corrected chi connectivity index (χ4v) is 1.97. The maximum atomic E-state index is 11.3. The predicted molar refractivity (Wildman–Crippen MR) is 73.9 cm³/mol. The lowest BCUT2D eigenvalue weighted by Crippen LogP contribution is -2.38. The van der Waals surface area contributed by atoms with Crippen molar-refractivity contribution in [2.45, 2.75) is 32.2 Å². The van der Waals surface area contributed by atoms with Crippen LogP contribution in [0.5, 0.6) is 0 Å². The average molecular weight is 288 g/mol. The molecule has 0 aromatic carbocycles. The Balaban J connectivity index is 0.000000235. The Labute approximate surface area is 122 Å². The van der Waals surface area contributed by atoms with Crippen LogP contribution >= 0.6 is 0 Å². The molecule has 7 nitrogen and oxygen atoms in total. The standard InChI is InChI=1S/C9H12N2O2.C5H4N2O/c1-7(12)9(13)11-6-2-3-8(11)4-5-10;8-5-1-3-6-7-4-2-5/h8H,2-4,6H2,1H3;1-4H/t8-;/m1./s1. The highest BCUT2D eigenvalue weighted by Gasteiger charge is 2.30. The molecule has 0 aliphatic carbocycles. The first-order chi connectivity index (χ1) is 10.1. The first kappa shape index (κ1) is 16.4. The lowest BCUT2D eigenvalue weighted by molar-refractivity contribution is -0.144. The Kier molecular flexibility index (Phi) is 6.68. The van der Waals surface area contributed by atoms with Crippen LogP contribution in [0.2, 0.25) is 0 Å². The van der Waals surface area contributed by atoms with Gasteiger partial charge in [-0.25, -0.2) is 0 Å². The quantitative estimate of drug-likeness (QED) is 0.726. The van der Waals surface area contributed by atoms with E-state index in [-0.39, 0.29) is 11.5 Å². The summed E-state index contributed by atoms with van der Waals surface area (Å²) in [5.74, 6) is -0.886. The highest BCUT2D eigenvalue weighted by molar-refractivity contribution is 6.35. The maximum absolute atomic E-state index is 11.3. The van der Waals surface area contributed by atoms with E-state index in [9.17, 15) is 14.4 Å². The van der Waals surface area contributed by atoms with E-state index in [0.29, 0.717) is 13.0 Å². The fraction of sp³-hybridized carbons (Fsp3) is 0.429. The third-order valence-corrected chi connectivity index (χ3v) is 2.94. The zero-order valence-electron chi connectivity index (χ0n) is 11.7. The van der Waals surface area contributed by atoms with Crippen molar-refractivity contribution in [2.75, 3.05) is 6.54 Å². The van der Waals surface area contributed by atoms with Gasteiger partial charge in [0, 0.05) is 31.6 Å². The van der Waals surface area contributed by atoms with Gasteiger partial charge in [-0.2, -0.15) is 15.5 Å². The van der Waals surface area contributed by atoms with Crippen molar-refractivity contribution in [3.05, 3.63) is 34.7 Å². The van der Waals surface area contributed by atoms with Gasteiger partial charge in [-0.15, -0.1) is 0 Å². The molecule has 7 heteroatoms. The topological polar surface area (TPSA) is 104 Å². The smallest absolute Gasteiger partial charge is 0.289 e. The van der Waals surface area contributed by atoms with Crippen LogP contribution in [0.4, 0.5) is 0 Å². The molecular weight excluding hydrogens is 272 g/mol. The Morgan fingerprint density at radius 2 is 2.00 bits per heavy atom. The minimum atomic E-state index is -0.447. The number of aromatic nitrogens is 2. The van der Waals surface area contributed by atoms with Crippen LogP contribution in [0.25, 0.3) is 0 Å². The summed E-state index contributed by atoms with van der Waals surface area (Å²) in [4.78, 5) is 34.0. The van der Waals surface area contributed by atoms with Gasteiger partial charge in [0.1, 0.15) is 0 Å². The SMILES string of the molecule is CC(=O)C(=O)N1CCC[C@@H]1CC#N.O=c1ccnncc1. The van der Waals surface area contributed by atoms with E-state index >= 15 is 0 Å². The molecule has 2 heterocycles. The van der Waals surface area contributed by atoms with Crippen molar-refractivity contribution in [1.29, 1.82) is 5.26 Å². The van der Waals surface area contributed by atoms with E-state index in [2.05, 4.69) is 10.2 Å². The van der Waals surface area contributed by atoms with Crippen molar-refractivity contribution in [3.63, 3.8) is 0 Å². The number of carbonyl (C=O) groups excluding carboxylic acids is 2. The highest BCUT2D eigenvalue weighted by atomic mass is 16.2. The molecule has 1 atom stereocenters. The number of likely N-dealkylation sites (tertiary alicyclic amines) is 1. The van der Waals surface area contributed by atoms with Gasteiger partial charge in [0.2, 0.25) is 5.78 Å². The third kappa shape index (κ3) is 5.48. The number of nitriles is 1. The Morgan fingerprint density at radius 3 is 2.52 bits per heavy atom. The molecule has 1 aliphatic rings. The van der Waals surface area contributed by atoms with E-state index in [0.717, 1.165) is 12.8 Å². The molecule has 0 N–H and O–H groups in total. The normalized spacial score (nSPS) is 16.4. The number of rotatable bonds is 2. The summed E-state index contributed by atoms with van der Waals surface area (Å²) in [7, 11) is 0. The van der Waals surface area contributed by atoms with Crippen LogP contribution in [-0.2, 0) is 9.59 Å². The molecule has 1 aliphatic heterocycles. The second-order valence-corrected chi connectivity index (χ2v) is 4.48. The first-order valence-corrected chi connectivity index (χ1v) is 6.51. The van der Waals surface area contributed by atoms with Crippen LogP contribution in [0.15, 0.2) is 29.3 Å². The molecule has 21 heavy (non-hydrogen) atoms. The molecule has 1 saturated heterocycles. The molecule has 1 aromatic rings. The van der Waals surface area contributed by atoms with Crippen LogP contribution in [-0.4, -0.2) is 39.4 Å². The summed E-state index contributed by atoms with van der Waals surface area (Å²) in [6, 6.07) is 4.70. The fourth-order valence-electron chi connectivity index (χ4n) is 1.97. The lowest BCUT2D eigenvalue weighted by Gasteiger charge is -2.20. The number of ketones is 1. The molecular formula is C14H16N4O3. The van der Waals surface area contributed by atoms with Crippen molar-refractivity contribution in [3.8, 4) is 6.07 Å². The molecule has 1 amide bonds. The summed E-state index contributed by atoms with van der Waals surface area (Å²) in [6.07, 6.45) is 4.79. The first-order valence-electron chi connectivity index (χ1n) is 6.51. The van der Waals surface area contributed by atoms with E-state index in [1.165, 1.54) is 36.4 Å². The number of nitrogens with zero attached hydrogens (tertiary/aromatic N) is 4. The maximum Gasteiger partial charge on any atom is 0.289 e. The van der Waals surface area contributed by atoms with Crippen molar-refractivity contribution in [2.24, 2.45) is 0 Å². The lowest BCUT2D eigenvalue weighted by atomic mass is 10.1. The molecule has 1 aromatic heterocycles. The van der Waals surface area contributed by atoms with Gasteiger partial charge >= 0.3 is 0 Å².